The fourth-order valence-corrected chi connectivity index (χ4v) is 2.91. The number of guanidine groups is 1. The van der Waals surface area contributed by atoms with E-state index in [2.05, 4.69) is 45.8 Å². The Balaban J connectivity index is 2.13. The minimum absolute atomic E-state index is 0.329. The molecule has 1 N–H and O–H groups in total. The molecule has 0 radical (unpaired) electrons. The topological polar surface area (TPSA) is 76.8 Å². The van der Waals surface area contributed by atoms with E-state index in [0.29, 0.717) is 19.1 Å². The summed E-state index contributed by atoms with van der Waals surface area (Å²) in [6.07, 6.45) is 3.64. The van der Waals surface area contributed by atoms with E-state index in [1.54, 1.807) is 20.5 Å². The molecule has 0 aliphatic carbocycles. The molecule has 8 heteroatoms. The highest BCUT2D eigenvalue weighted by molar-refractivity contribution is 5.80. The molecule has 0 aliphatic heterocycles. The molecule has 160 valence electrons. The minimum Gasteiger partial charge on any atom is -0.497 e. The predicted molar refractivity (Wildman–Crippen MR) is 116 cm³/mol. The van der Waals surface area contributed by atoms with E-state index in [1.165, 1.54) is 0 Å². The highest BCUT2D eigenvalue weighted by atomic mass is 16.5. The molecule has 0 spiro atoms. The predicted octanol–water partition coefficient (Wildman–Crippen LogP) is 2.73. The first-order valence-electron chi connectivity index (χ1n) is 10.1. The summed E-state index contributed by atoms with van der Waals surface area (Å²) in [5.41, 5.74) is 1.07. The lowest BCUT2D eigenvalue weighted by Gasteiger charge is -2.26. The first kappa shape index (κ1) is 22.5. The van der Waals surface area contributed by atoms with Crippen molar-refractivity contribution in [3.8, 4) is 11.5 Å². The Morgan fingerprint density at radius 1 is 1.28 bits per heavy atom. The summed E-state index contributed by atoms with van der Waals surface area (Å²) in [6.45, 7) is 8.46. The van der Waals surface area contributed by atoms with Gasteiger partial charge in [0, 0.05) is 44.2 Å². The zero-order valence-corrected chi connectivity index (χ0v) is 18.5. The molecule has 1 aromatic carbocycles. The smallest absolute Gasteiger partial charge is 0.194 e. The summed E-state index contributed by atoms with van der Waals surface area (Å²) >= 11 is 0. The van der Waals surface area contributed by atoms with Gasteiger partial charge in [-0.25, -0.2) is 0 Å². The molecule has 29 heavy (non-hydrogen) atoms. The average Bonchev–Trinajstić information content (AvgIpc) is 3.20. The monoisotopic (exact) mass is 402 g/mol. The number of hydrogen-bond donors (Lipinski definition) is 1. The maximum atomic E-state index is 5.54. The molecule has 1 heterocycles. The standard InChI is InChI=1S/C21H34N6O2/c1-7-16(3)24-21(22-11-12-27-15-23-25-20(27)8-2)26(4)14-17-9-10-18(28-5)13-19(17)29-6/h9-10,13,15-16H,7-8,11-12,14H2,1-6H3,(H,22,24). The van der Waals surface area contributed by atoms with Crippen LogP contribution in [0.3, 0.4) is 0 Å². The van der Waals surface area contributed by atoms with Crippen molar-refractivity contribution in [3.63, 3.8) is 0 Å². The molecular formula is C21H34N6O2. The van der Waals surface area contributed by atoms with E-state index >= 15 is 0 Å². The van der Waals surface area contributed by atoms with E-state index in [0.717, 1.165) is 48.2 Å². The van der Waals surface area contributed by atoms with Gasteiger partial charge >= 0.3 is 0 Å². The van der Waals surface area contributed by atoms with Crippen molar-refractivity contribution >= 4 is 5.96 Å². The summed E-state index contributed by atoms with van der Waals surface area (Å²) in [5.74, 6) is 3.42. The average molecular weight is 403 g/mol. The summed E-state index contributed by atoms with van der Waals surface area (Å²) in [5, 5.41) is 11.6. The lowest BCUT2D eigenvalue weighted by atomic mass is 10.2. The zero-order valence-electron chi connectivity index (χ0n) is 18.5. The van der Waals surface area contributed by atoms with Crippen LogP contribution in [0.2, 0.25) is 0 Å². The molecule has 1 atom stereocenters. The first-order valence-corrected chi connectivity index (χ1v) is 10.1. The quantitative estimate of drug-likeness (QED) is 0.486. The third kappa shape index (κ3) is 6.37. The first-order chi connectivity index (χ1) is 14.0. The third-order valence-corrected chi connectivity index (χ3v) is 4.87. The van der Waals surface area contributed by atoms with E-state index in [9.17, 15) is 0 Å². The van der Waals surface area contributed by atoms with Crippen molar-refractivity contribution < 1.29 is 9.47 Å². The second-order valence-electron chi connectivity index (χ2n) is 6.99. The van der Waals surface area contributed by atoms with Gasteiger partial charge in [0.25, 0.3) is 0 Å². The van der Waals surface area contributed by atoms with Crippen molar-refractivity contribution in [3.05, 3.63) is 35.9 Å². The van der Waals surface area contributed by atoms with Crippen molar-refractivity contribution in [1.82, 2.24) is 25.0 Å². The fourth-order valence-electron chi connectivity index (χ4n) is 2.91. The Hall–Kier alpha value is -2.77. The van der Waals surface area contributed by atoms with Crippen LogP contribution in [0.4, 0.5) is 0 Å². The lowest BCUT2D eigenvalue weighted by Crippen LogP contribution is -2.43. The van der Waals surface area contributed by atoms with Gasteiger partial charge in [-0.05, 0) is 25.5 Å². The van der Waals surface area contributed by atoms with Gasteiger partial charge in [-0.3, -0.25) is 4.99 Å². The van der Waals surface area contributed by atoms with Crippen LogP contribution in [-0.2, 0) is 19.5 Å². The Morgan fingerprint density at radius 3 is 2.72 bits per heavy atom. The number of nitrogens with one attached hydrogen (secondary N) is 1. The Kier molecular flexibility index (Phi) is 8.76. The van der Waals surface area contributed by atoms with Crippen molar-refractivity contribution in [2.75, 3.05) is 27.8 Å². The van der Waals surface area contributed by atoms with Crippen molar-refractivity contribution in [2.45, 2.75) is 52.7 Å². The number of hydrogen-bond acceptors (Lipinski definition) is 5. The number of aryl methyl sites for hydroxylation is 1. The number of aliphatic imine (C=N–C) groups is 1. The molecular weight excluding hydrogens is 368 g/mol. The third-order valence-electron chi connectivity index (χ3n) is 4.87. The summed E-state index contributed by atoms with van der Waals surface area (Å²) < 4.78 is 12.9. The fraction of sp³-hybridized carbons (Fsp3) is 0.571. The number of nitrogens with zero attached hydrogens (tertiary/aromatic N) is 5. The summed E-state index contributed by atoms with van der Waals surface area (Å²) in [4.78, 5) is 6.95. The number of ether oxygens (including phenoxy) is 2. The molecule has 0 saturated carbocycles. The molecule has 1 aromatic heterocycles. The van der Waals surface area contributed by atoms with E-state index in [-0.39, 0.29) is 0 Å². The Bertz CT molecular complexity index is 789. The molecule has 2 aromatic rings. The Morgan fingerprint density at radius 2 is 2.07 bits per heavy atom. The number of methoxy groups -OCH3 is 2. The van der Waals surface area contributed by atoms with Crippen LogP contribution < -0.4 is 14.8 Å². The van der Waals surface area contributed by atoms with Crippen LogP contribution in [0.1, 0.15) is 38.6 Å². The van der Waals surface area contributed by atoms with Gasteiger partial charge in [0.05, 0.1) is 20.8 Å². The van der Waals surface area contributed by atoms with Gasteiger partial charge in [0.15, 0.2) is 5.96 Å². The number of aromatic nitrogens is 3. The SMILES string of the molecule is CCc1nncn1CCN=C(NC(C)CC)N(C)Cc1ccc(OC)cc1OC. The second-order valence-corrected chi connectivity index (χ2v) is 6.99. The Labute approximate surface area is 173 Å². The van der Waals surface area contributed by atoms with Gasteiger partial charge in [0.2, 0.25) is 0 Å². The number of rotatable bonds is 10. The largest absolute Gasteiger partial charge is 0.497 e. The van der Waals surface area contributed by atoms with Crippen LogP contribution in [0.25, 0.3) is 0 Å². The molecule has 0 amide bonds. The molecule has 0 saturated heterocycles. The van der Waals surface area contributed by atoms with Crippen LogP contribution in [0.5, 0.6) is 11.5 Å². The van der Waals surface area contributed by atoms with Crippen LogP contribution in [0, 0.1) is 0 Å². The van der Waals surface area contributed by atoms with Crippen LogP contribution >= 0.6 is 0 Å². The maximum Gasteiger partial charge on any atom is 0.194 e. The van der Waals surface area contributed by atoms with E-state index in [4.69, 9.17) is 14.5 Å². The lowest BCUT2D eigenvalue weighted by molar-refractivity contribution is 0.381. The van der Waals surface area contributed by atoms with Gasteiger partial charge in [-0.15, -0.1) is 10.2 Å². The summed E-state index contributed by atoms with van der Waals surface area (Å²) in [6, 6.07) is 6.21. The van der Waals surface area contributed by atoms with Gasteiger partial charge in [-0.2, -0.15) is 0 Å². The molecule has 0 bridgehead atoms. The normalized spacial score (nSPS) is 12.6. The zero-order chi connectivity index (χ0) is 21.2. The molecule has 0 fully saturated rings. The molecule has 0 aliphatic rings. The van der Waals surface area contributed by atoms with Crippen LogP contribution in [-0.4, -0.2) is 59.5 Å². The minimum atomic E-state index is 0.329. The summed E-state index contributed by atoms with van der Waals surface area (Å²) in [7, 11) is 5.37. The maximum absolute atomic E-state index is 5.54. The highest BCUT2D eigenvalue weighted by Gasteiger charge is 2.13. The van der Waals surface area contributed by atoms with Crippen LogP contribution in [0.15, 0.2) is 29.5 Å². The molecule has 8 nitrogen and oxygen atoms in total. The van der Waals surface area contributed by atoms with Gasteiger partial charge in [0.1, 0.15) is 23.7 Å². The molecule has 2 rings (SSSR count). The van der Waals surface area contributed by atoms with Crippen molar-refractivity contribution in [1.29, 1.82) is 0 Å². The number of benzene rings is 1. The van der Waals surface area contributed by atoms with E-state index < -0.39 is 0 Å². The van der Waals surface area contributed by atoms with Gasteiger partial charge in [-0.1, -0.05) is 13.8 Å². The second kappa shape index (κ2) is 11.3. The highest BCUT2D eigenvalue weighted by Crippen LogP contribution is 2.25. The van der Waals surface area contributed by atoms with Gasteiger partial charge < -0.3 is 24.3 Å². The van der Waals surface area contributed by atoms with Crippen molar-refractivity contribution in [2.24, 2.45) is 4.99 Å². The molecule has 1 unspecified atom stereocenters. The van der Waals surface area contributed by atoms with E-state index in [1.807, 2.05) is 25.2 Å².